The lowest BCUT2D eigenvalue weighted by molar-refractivity contribution is 0.0598. The number of benzene rings is 1. The topological polar surface area (TPSA) is 30.5 Å². The van der Waals surface area contributed by atoms with Gasteiger partial charge in [-0.2, -0.15) is 0 Å². The van der Waals surface area contributed by atoms with E-state index in [1.165, 1.54) is 12.1 Å². The van der Waals surface area contributed by atoms with E-state index in [4.69, 9.17) is 9.47 Å². The lowest BCUT2D eigenvalue weighted by Crippen LogP contribution is -2.33. The van der Waals surface area contributed by atoms with Crippen molar-refractivity contribution >= 4 is 0 Å². The van der Waals surface area contributed by atoms with Crippen LogP contribution in [0.4, 0.5) is 4.39 Å². The second-order valence-corrected chi connectivity index (χ2v) is 3.88. The number of ether oxygens (including phenoxy) is 2. The van der Waals surface area contributed by atoms with E-state index in [1.54, 1.807) is 19.2 Å². The first-order valence-electron chi connectivity index (χ1n) is 5.74. The van der Waals surface area contributed by atoms with Gasteiger partial charge in [0.05, 0.1) is 19.8 Å². The molecule has 1 unspecified atom stereocenters. The van der Waals surface area contributed by atoms with Gasteiger partial charge in [-0.05, 0) is 31.2 Å². The highest BCUT2D eigenvalue weighted by Gasteiger charge is 2.07. The number of likely N-dealkylation sites (N-methyl/N-ethyl adjacent to an activating group) is 1. The van der Waals surface area contributed by atoms with Crippen LogP contribution in [0.2, 0.25) is 0 Å². The van der Waals surface area contributed by atoms with Crippen LogP contribution in [-0.2, 0) is 15.9 Å². The van der Waals surface area contributed by atoms with Gasteiger partial charge in [0.1, 0.15) is 5.82 Å². The summed E-state index contributed by atoms with van der Waals surface area (Å²) < 4.78 is 23.1. The molecule has 0 aliphatic heterocycles. The molecule has 0 radical (unpaired) electrons. The summed E-state index contributed by atoms with van der Waals surface area (Å²) in [5.74, 6) is -0.203. The molecule has 0 heterocycles. The van der Waals surface area contributed by atoms with E-state index in [2.05, 4.69) is 5.32 Å². The fraction of sp³-hybridized carbons (Fsp3) is 0.538. The molecule has 0 aliphatic rings. The van der Waals surface area contributed by atoms with Crippen LogP contribution in [0.5, 0.6) is 0 Å². The number of hydrogen-bond donors (Lipinski definition) is 1. The zero-order valence-corrected chi connectivity index (χ0v) is 10.4. The number of halogens is 1. The van der Waals surface area contributed by atoms with E-state index in [1.807, 2.05) is 7.05 Å². The van der Waals surface area contributed by atoms with Gasteiger partial charge in [-0.3, -0.25) is 0 Å². The van der Waals surface area contributed by atoms with Crippen LogP contribution in [0.15, 0.2) is 24.3 Å². The van der Waals surface area contributed by atoms with Crippen LogP contribution < -0.4 is 5.32 Å². The summed E-state index contributed by atoms with van der Waals surface area (Å²) in [5.41, 5.74) is 1.10. The van der Waals surface area contributed by atoms with Crippen molar-refractivity contribution in [2.45, 2.75) is 12.5 Å². The lowest BCUT2D eigenvalue weighted by atomic mass is 10.1. The normalized spacial score (nSPS) is 12.6. The van der Waals surface area contributed by atoms with Crippen molar-refractivity contribution in [3.8, 4) is 0 Å². The average Bonchev–Trinajstić information content (AvgIpc) is 2.35. The first-order chi connectivity index (χ1) is 8.26. The van der Waals surface area contributed by atoms with Crippen molar-refractivity contribution in [1.82, 2.24) is 5.32 Å². The Hall–Kier alpha value is -0.970. The first-order valence-corrected chi connectivity index (χ1v) is 5.74. The molecule has 0 saturated heterocycles. The standard InChI is InChI=1S/C13H20FNO2/c1-15-13(10-17-8-7-16-2)9-11-3-5-12(14)6-4-11/h3-6,13,15H,7-10H2,1-2H3. The van der Waals surface area contributed by atoms with Gasteiger partial charge in [0, 0.05) is 13.2 Å². The molecule has 1 atom stereocenters. The van der Waals surface area contributed by atoms with Crippen LogP contribution in [0, 0.1) is 5.82 Å². The molecular formula is C13H20FNO2. The van der Waals surface area contributed by atoms with Gasteiger partial charge in [0.15, 0.2) is 0 Å². The second kappa shape index (κ2) is 8.17. The average molecular weight is 241 g/mol. The molecule has 3 nitrogen and oxygen atoms in total. The molecular weight excluding hydrogens is 221 g/mol. The molecule has 0 bridgehead atoms. The summed E-state index contributed by atoms with van der Waals surface area (Å²) in [6.45, 7) is 1.82. The molecule has 0 saturated carbocycles. The van der Waals surface area contributed by atoms with Crippen molar-refractivity contribution in [1.29, 1.82) is 0 Å². The third kappa shape index (κ3) is 5.77. The zero-order chi connectivity index (χ0) is 12.5. The van der Waals surface area contributed by atoms with Crippen molar-refractivity contribution in [2.24, 2.45) is 0 Å². The van der Waals surface area contributed by atoms with E-state index in [9.17, 15) is 4.39 Å². The van der Waals surface area contributed by atoms with Crippen molar-refractivity contribution in [2.75, 3.05) is 34.0 Å². The first kappa shape index (κ1) is 14.1. The molecule has 0 amide bonds. The highest BCUT2D eigenvalue weighted by Crippen LogP contribution is 2.06. The zero-order valence-electron chi connectivity index (χ0n) is 10.4. The Bertz CT molecular complexity index is 303. The maximum absolute atomic E-state index is 12.7. The Morgan fingerprint density at radius 2 is 1.94 bits per heavy atom. The Kier molecular flexibility index (Phi) is 6.77. The summed E-state index contributed by atoms with van der Waals surface area (Å²) in [6.07, 6.45) is 0.823. The Morgan fingerprint density at radius 1 is 1.24 bits per heavy atom. The summed E-state index contributed by atoms with van der Waals surface area (Å²) >= 11 is 0. The fourth-order valence-corrected chi connectivity index (χ4v) is 1.52. The van der Waals surface area contributed by atoms with Gasteiger partial charge in [0.25, 0.3) is 0 Å². The quantitative estimate of drug-likeness (QED) is 0.702. The fourth-order valence-electron chi connectivity index (χ4n) is 1.52. The van der Waals surface area contributed by atoms with Gasteiger partial charge >= 0.3 is 0 Å². The SMILES string of the molecule is CNC(COCCOC)Cc1ccc(F)cc1. The van der Waals surface area contributed by atoms with Crippen molar-refractivity contribution < 1.29 is 13.9 Å². The molecule has 1 aromatic carbocycles. The maximum Gasteiger partial charge on any atom is 0.123 e. The predicted molar refractivity (Wildman–Crippen MR) is 65.6 cm³/mol. The second-order valence-electron chi connectivity index (χ2n) is 3.88. The van der Waals surface area contributed by atoms with Gasteiger partial charge in [-0.1, -0.05) is 12.1 Å². The van der Waals surface area contributed by atoms with Crippen molar-refractivity contribution in [3.05, 3.63) is 35.6 Å². The largest absolute Gasteiger partial charge is 0.382 e. The van der Waals surface area contributed by atoms with E-state index in [0.717, 1.165) is 12.0 Å². The number of rotatable bonds is 8. The minimum Gasteiger partial charge on any atom is -0.382 e. The van der Waals surface area contributed by atoms with Gasteiger partial charge in [-0.25, -0.2) is 4.39 Å². The van der Waals surface area contributed by atoms with Crippen LogP contribution in [0.3, 0.4) is 0 Å². The molecule has 4 heteroatoms. The molecule has 0 fully saturated rings. The Labute approximate surface area is 102 Å². The molecule has 0 spiro atoms. The van der Waals surface area contributed by atoms with Crippen LogP contribution in [-0.4, -0.2) is 40.0 Å². The number of hydrogen-bond acceptors (Lipinski definition) is 3. The highest BCUT2D eigenvalue weighted by atomic mass is 19.1. The highest BCUT2D eigenvalue weighted by molar-refractivity contribution is 5.17. The molecule has 96 valence electrons. The van der Waals surface area contributed by atoms with Crippen LogP contribution in [0.1, 0.15) is 5.56 Å². The van der Waals surface area contributed by atoms with Gasteiger partial charge in [-0.15, -0.1) is 0 Å². The van der Waals surface area contributed by atoms with Gasteiger partial charge in [0.2, 0.25) is 0 Å². The van der Waals surface area contributed by atoms with Crippen molar-refractivity contribution in [3.63, 3.8) is 0 Å². The van der Waals surface area contributed by atoms with E-state index >= 15 is 0 Å². The Morgan fingerprint density at radius 3 is 2.53 bits per heavy atom. The molecule has 0 aromatic heterocycles. The number of methoxy groups -OCH3 is 1. The monoisotopic (exact) mass is 241 g/mol. The Balaban J connectivity index is 2.33. The van der Waals surface area contributed by atoms with Crippen LogP contribution in [0.25, 0.3) is 0 Å². The third-order valence-electron chi connectivity index (χ3n) is 2.55. The smallest absolute Gasteiger partial charge is 0.123 e. The summed E-state index contributed by atoms with van der Waals surface area (Å²) in [7, 11) is 3.55. The third-order valence-corrected chi connectivity index (χ3v) is 2.55. The molecule has 0 aliphatic carbocycles. The molecule has 1 rings (SSSR count). The molecule has 17 heavy (non-hydrogen) atoms. The van der Waals surface area contributed by atoms with Gasteiger partial charge < -0.3 is 14.8 Å². The molecule has 1 aromatic rings. The predicted octanol–water partition coefficient (Wildman–Crippen LogP) is 1.62. The maximum atomic E-state index is 12.7. The minimum atomic E-state index is -0.203. The summed E-state index contributed by atoms with van der Waals surface area (Å²) in [5, 5.41) is 3.18. The minimum absolute atomic E-state index is 0.203. The van der Waals surface area contributed by atoms with Crippen LogP contribution >= 0.6 is 0 Å². The summed E-state index contributed by atoms with van der Waals surface area (Å²) in [4.78, 5) is 0. The lowest BCUT2D eigenvalue weighted by Gasteiger charge is -2.16. The number of nitrogens with one attached hydrogen (secondary N) is 1. The summed E-state index contributed by atoms with van der Waals surface area (Å²) in [6, 6.07) is 6.79. The van der Waals surface area contributed by atoms with E-state index < -0.39 is 0 Å². The molecule has 1 N–H and O–H groups in total. The van der Waals surface area contributed by atoms with E-state index in [0.29, 0.717) is 19.8 Å². The van der Waals surface area contributed by atoms with E-state index in [-0.39, 0.29) is 11.9 Å².